The molecule has 5 heteroatoms. The van der Waals surface area contributed by atoms with Crippen molar-refractivity contribution in [3.8, 4) is 11.3 Å². The first-order valence-electron chi connectivity index (χ1n) is 6.74. The maximum Gasteiger partial charge on any atom is 0.266 e. The maximum absolute atomic E-state index is 12.6. The Bertz CT molecular complexity index is 851. The van der Waals surface area contributed by atoms with Gasteiger partial charge in [0.15, 0.2) is 0 Å². The van der Waals surface area contributed by atoms with Crippen molar-refractivity contribution in [1.82, 2.24) is 4.98 Å². The number of carbonyl (C=O) groups is 2. The third-order valence-electron chi connectivity index (χ3n) is 3.59. The molecule has 2 aromatic carbocycles. The van der Waals surface area contributed by atoms with E-state index in [4.69, 9.17) is 0 Å². The molecule has 4 rings (SSSR count). The van der Waals surface area contributed by atoms with Gasteiger partial charge in [0.05, 0.1) is 16.6 Å². The molecule has 0 aliphatic carbocycles. The first-order valence-corrected chi connectivity index (χ1v) is 7.62. The number of anilines is 1. The normalized spacial score (nSPS) is 13.5. The zero-order valence-corrected chi connectivity index (χ0v) is 12.2. The predicted octanol–water partition coefficient (Wildman–Crippen LogP) is 3.61. The molecule has 0 saturated carbocycles. The van der Waals surface area contributed by atoms with Gasteiger partial charge in [0.25, 0.3) is 11.8 Å². The van der Waals surface area contributed by atoms with Crippen molar-refractivity contribution in [2.24, 2.45) is 0 Å². The Morgan fingerprint density at radius 3 is 2.05 bits per heavy atom. The molecule has 106 valence electrons. The topological polar surface area (TPSA) is 50.3 Å². The molecule has 0 radical (unpaired) electrons. The number of imide groups is 1. The van der Waals surface area contributed by atoms with E-state index in [9.17, 15) is 9.59 Å². The molecule has 0 N–H and O–H groups in total. The number of carbonyl (C=O) groups excluding carboxylic acids is 2. The molecule has 0 saturated heterocycles. The summed E-state index contributed by atoms with van der Waals surface area (Å²) in [5.74, 6) is -0.580. The lowest BCUT2D eigenvalue weighted by Crippen LogP contribution is -2.29. The Balaban J connectivity index is 1.84. The largest absolute Gasteiger partial charge is 0.268 e. The number of amides is 2. The van der Waals surface area contributed by atoms with E-state index in [1.807, 2.05) is 30.3 Å². The summed E-state index contributed by atoms with van der Waals surface area (Å²) < 4.78 is 0. The second-order valence-electron chi connectivity index (χ2n) is 4.86. The molecule has 0 fully saturated rings. The average molecular weight is 306 g/mol. The standard InChI is InChI=1S/C17H10N2O2S/c20-15-12-8-4-5-9-13(12)16(21)19(15)17-14(18-10-22-17)11-6-2-1-3-7-11/h1-10H. The van der Waals surface area contributed by atoms with Gasteiger partial charge in [-0.1, -0.05) is 42.5 Å². The third-order valence-corrected chi connectivity index (χ3v) is 4.40. The van der Waals surface area contributed by atoms with Crippen LogP contribution in [0.5, 0.6) is 0 Å². The number of rotatable bonds is 2. The highest BCUT2D eigenvalue weighted by atomic mass is 32.1. The molecule has 1 aromatic heterocycles. The van der Waals surface area contributed by atoms with Gasteiger partial charge in [0.1, 0.15) is 10.7 Å². The van der Waals surface area contributed by atoms with Gasteiger partial charge in [-0.3, -0.25) is 9.59 Å². The van der Waals surface area contributed by atoms with Crippen molar-refractivity contribution >= 4 is 28.2 Å². The van der Waals surface area contributed by atoms with Crippen LogP contribution < -0.4 is 4.90 Å². The van der Waals surface area contributed by atoms with Gasteiger partial charge in [-0.25, -0.2) is 9.88 Å². The van der Waals surface area contributed by atoms with Crippen molar-refractivity contribution < 1.29 is 9.59 Å². The van der Waals surface area contributed by atoms with Gasteiger partial charge in [0, 0.05) is 5.56 Å². The Morgan fingerprint density at radius 1 is 0.818 bits per heavy atom. The summed E-state index contributed by atoms with van der Waals surface area (Å²) in [7, 11) is 0. The lowest BCUT2D eigenvalue weighted by atomic mass is 10.1. The molecule has 0 bridgehead atoms. The van der Waals surface area contributed by atoms with E-state index >= 15 is 0 Å². The molecule has 2 heterocycles. The number of thiazole rings is 1. The van der Waals surface area contributed by atoms with Crippen molar-refractivity contribution in [3.05, 3.63) is 71.2 Å². The number of aromatic nitrogens is 1. The maximum atomic E-state index is 12.6. The second-order valence-corrected chi connectivity index (χ2v) is 5.70. The Hall–Kier alpha value is -2.79. The fourth-order valence-corrected chi connectivity index (χ4v) is 3.38. The highest BCUT2D eigenvalue weighted by molar-refractivity contribution is 7.15. The van der Waals surface area contributed by atoms with Crippen molar-refractivity contribution in [1.29, 1.82) is 0 Å². The van der Waals surface area contributed by atoms with Crippen molar-refractivity contribution in [3.63, 3.8) is 0 Å². The molecule has 4 nitrogen and oxygen atoms in total. The molecule has 1 aliphatic heterocycles. The van der Waals surface area contributed by atoms with E-state index < -0.39 is 0 Å². The highest BCUT2D eigenvalue weighted by Gasteiger charge is 2.38. The Labute approximate surface area is 130 Å². The first-order chi connectivity index (χ1) is 10.8. The van der Waals surface area contributed by atoms with Crippen LogP contribution in [0.1, 0.15) is 20.7 Å². The minimum Gasteiger partial charge on any atom is -0.268 e. The van der Waals surface area contributed by atoms with Crippen LogP contribution in [0.25, 0.3) is 11.3 Å². The van der Waals surface area contributed by atoms with E-state index in [1.165, 1.54) is 16.2 Å². The van der Waals surface area contributed by atoms with Crippen molar-refractivity contribution in [2.75, 3.05) is 4.90 Å². The van der Waals surface area contributed by atoms with Crippen LogP contribution in [0.3, 0.4) is 0 Å². The lowest BCUT2D eigenvalue weighted by molar-refractivity contribution is 0.0927. The molecule has 2 amide bonds. The Kier molecular flexibility index (Phi) is 2.87. The SMILES string of the molecule is O=C1c2ccccc2C(=O)N1c1scnc1-c1ccccc1. The Morgan fingerprint density at radius 2 is 1.41 bits per heavy atom. The summed E-state index contributed by atoms with van der Waals surface area (Å²) in [5, 5.41) is 0.567. The molecule has 22 heavy (non-hydrogen) atoms. The van der Waals surface area contributed by atoms with Crippen LogP contribution in [0, 0.1) is 0 Å². The molecule has 1 aliphatic rings. The van der Waals surface area contributed by atoms with Crippen LogP contribution in [0.4, 0.5) is 5.00 Å². The summed E-state index contributed by atoms with van der Waals surface area (Å²) in [6, 6.07) is 16.4. The second kappa shape index (κ2) is 4.89. The summed E-state index contributed by atoms with van der Waals surface area (Å²) in [5.41, 5.74) is 4.08. The first kappa shape index (κ1) is 12.9. The van der Waals surface area contributed by atoms with Gasteiger partial charge in [0.2, 0.25) is 0 Å². The summed E-state index contributed by atoms with van der Waals surface area (Å²) in [6.45, 7) is 0. The number of hydrogen-bond acceptors (Lipinski definition) is 4. The zero-order valence-electron chi connectivity index (χ0n) is 11.4. The number of hydrogen-bond donors (Lipinski definition) is 0. The van der Waals surface area contributed by atoms with E-state index in [0.29, 0.717) is 21.8 Å². The van der Waals surface area contributed by atoms with Crippen LogP contribution in [-0.4, -0.2) is 16.8 Å². The summed E-state index contributed by atoms with van der Waals surface area (Å²) in [4.78, 5) is 30.7. The number of nitrogens with zero attached hydrogens (tertiary/aromatic N) is 2. The van der Waals surface area contributed by atoms with Crippen LogP contribution in [0.15, 0.2) is 60.1 Å². The van der Waals surface area contributed by atoms with Gasteiger partial charge in [-0.15, -0.1) is 11.3 Å². The summed E-state index contributed by atoms with van der Waals surface area (Å²) in [6.07, 6.45) is 0. The lowest BCUT2D eigenvalue weighted by Gasteiger charge is -2.13. The molecule has 0 spiro atoms. The fourth-order valence-electron chi connectivity index (χ4n) is 2.57. The quantitative estimate of drug-likeness (QED) is 0.680. The van der Waals surface area contributed by atoms with Gasteiger partial charge >= 0.3 is 0 Å². The van der Waals surface area contributed by atoms with E-state index in [0.717, 1.165) is 5.56 Å². The van der Waals surface area contributed by atoms with Crippen molar-refractivity contribution in [2.45, 2.75) is 0 Å². The highest BCUT2D eigenvalue weighted by Crippen LogP contribution is 2.38. The van der Waals surface area contributed by atoms with E-state index in [1.54, 1.807) is 29.8 Å². The van der Waals surface area contributed by atoms with E-state index in [-0.39, 0.29) is 11.8 Å². The third kappa shape index (κ3) is 1.79. The van der Waals surface area contributed by atoms with Crippen LogP contribution in [0.2, 0.25) is 0 Å². The fraction of sp³-hybridized carbons (Fsp3) is 0. The monoisotopic (exact) mass is 306 g/mol. The van der Waals surface area contributed by atoms with Crippen LogP contribution >= 0.6 is 11.3 Å². The van der Waals surface area contributed by atoms with Crippen LogP contribution in [-0.2, 0) is 0 Å². The molecular weight excluding hydrogens is 296 g/mol. The summed E-state index contributed by atoms with van der Waals surface area (Å²) >= 11 is 1.29. The molecule has 3 aromatic rings. The smallest absolute Gasteiger partial charge is 0.266 e. The molecule has 0 atom stereocenters. The molecule has 0 unspecified atom stereocenters. The van der Waals surface area contributed by atoms with Gasteiger partial charge in [-0.05, 0) is 12.1 Å². The zero-order chi connectivity index (χ0) is 15.1. The van der Waals surface area contributed by atoms with Gasteiger partial charge in [-0.2, -0.15) is 0 Å². The predicted molar refractivity (Wildman–Crippen MR) is 85.1 cm³/mol. The number of benzene rings is 2. The number of fused-ring (bicyclic) bond motifs is 1. The minimum absolute atomic E-state index is 0.290. The van der Waals surface area contributed by atoms with Gasteiger partial charge < -0.3 is 0 Å². The van der Waals surface area contributed by atoms with E-state index in [2.05, 4.69) is 4.98 Å². The minimum atomic E-state index is -0.290. The average Bonchev–Trinajstić information content (AvgIpc) is 3.13. The molecular formula is C17H10N2O2S.